The lowest BCUT2D eigenvalue weighted by molar-refractivity contribution is -0.384. The van der Waals surface area contributed by atoms with Crippen LogP contribution < -0.4 is 4.18 Å². The third-order valence-corrected chi connectivity index (χ3v) is 4.03. The van der Waals surface area contributed by atoms with E-state index in [9.17, 15) is 23.3 Å². The molecule has 2 aromatic rings. The summed E-state index contributed by atoms with van der Waals surface area (Å²) < 4.78 is 29.2. The molecule has 0 aromatic heterocycles. The molecule has 114 valence electrons. The van der Waals surface area contributed by atoms with Gasteiger partial charge in [0.05, 0.1) is 4.92 Å². The van der Waals surface area contributed by atoms with Gasteiger partial charge in [-0.2, -0.15) is 8.42 Å². The topological polar surface area (TPSA) is 104 Å². The molecule has 22 heavy (non-hydrogen) atoms. The van der Waals surface area contributed by atoms with Crippen molar-refractivity contribution in [3.8, 4) is 5.75 Å². The largest absolute Gasteiger partial charge is 0.379 e. The van der Waals surface area contributed by atoms with E-state index in [1.165, 1.54) is 43.3 Å². The summed E-state index contributed by atoms with van der Waals surface area (Å²) in [6, 6.07) is 10.1. The van der Waals surface area contributed by atoms with Gasteiger partial charge in [0.1, 0.15) is 10.6 Å². The quantitative estimate of drug-likeness (QED) is 0.363. The number of nitro benzene ring substituents is 1. The molecule has 0 bridgehead atoms. The summed E-state index contributed by atoms with van der Waals surface area (Å²) in [5, 5.41) is 10.5. The van der Waals surface area contributed by atoms with Crippen LogP contribution in [0, 0.1) is 10.1 Å². The van der Waals surface area contributed by atoms with Crippen LogP contribution in [0.5, 0.6) is 5.75 Å². The average molecular weight is 321 g/mol. The molecule has 0 N–H and O–H groups in total. The van der Waals surface area contributed by atoms with Crippen molar-refractivity contribution in [1.29, 1.82) is 0 Å². The molecule has 0 amide bonds. The van der Waals surface area contributed by atoms with Crippen molar-refractivity contribution in [1.82, 2.24) is 0 Å². The molecule has 0 saturated heterocycles. The van der Waals surface area contributed by atoms with Gasteiger partial charge in [-0.15, -0.1) is 0 Å². The smallest absolute Gasteiger partial charge is 0.339 e. The van der Waals surface area contributed by atoms with E-state index in [0.29, 0.717) is 0 Å². The van der Waals surface area contributed by atoms with Crippen LogP contribution in [0.15, 0.2) is 53.4 Å². The van der Waals surface area contributed by atoms with Gasteiger partial charge in [0, 0.05) is 17.7 Å². The lowest BCUT2D eigenvalue weighted by Gasteiger charge is -2.07. The van der Waals surface area contributed by atoms with Crippen molar-refractivity contribution in [3.05, 3.63) is 64.2 Å². The summed E-state index contributed by atoms with van der Waals surface area (Å²) in [5.74, 6) is -0.328. The van der Waals surface area contributed by atoms with Gasteiger partial charge in [-0.05, 0) is 31.2 Å². The first kappa shape index (κ1) is 15.6. The lowest BCUT2D eigenvalue weighted by atomic mass is 10.2. The molecule has 0 atom stereocenters. The number of carbonyl (C=O) groups excluding carboxylic acids is 1. The number of nitro groups is 1. The van der Waals surface area contributed by atoms with Gasteiger partial charge in [-0.25, -0.2) is 0 Å². The van der Waals surface area contributed by atoms with Crippen LogP contribution in [0.3, 0.4) is 0 Å². The molecule has 0 heterocycles. The van der Waals surface area contributed by atoms with Crippen molar-refractivity contribution in [2.45, 2.75) is 11.8 Å². The van der Waals surface area contributed by atoms with Gasteiger partial charge in [0.15, 0.2) is 5.78 Å². The molecule has 0 aliphatic heterocycles. The van der Waals surface area contributed by atoms with E-state index in [1.807, 2.05) is 0 Å². The van der Waals surface area contributed by atoms with Crippen LogP contribution in [0.25, 0.3) is 0 Å². The molecule has 0 unspecified atom stereocenters. The number of hydrogen-bond donors (Lipinski definition) is 0. The summed E-state index contributed by atoms with van der Waals surface area (Å²) >= 11 is 0. The van der Waals surface area contributed by atoms with E-state index in [1.54, 1.807) is 0 Å². The Bertz CT molecular complexity index is 827. The number of non-ortho nitro benzene ring substituents is 1. The predicted molar refractivity (Wildman–Crippen MR) is 77.4 cm³/mol. The molecule has 0 aliphatic rings. The molecule has 0 radical (unpaired) electrons. The Hall–Kier alpha value is -2.74. The highest BCUT2D eigenvalue weighted by molar-refractivity contribution is 7.87. The maximum atomic E-state index is 12.1. The third kappa shape index (κ3) is 3.47. The van der Waals surface area contributed by atoms with E-state index in [4.69, 9.17) is 4.18 Å². The molecule has 0 spiro atoms. The SMILES string of the molecule is CC(=O)c1cccc(S(=O)(=O)Oc2ccc([N+](=O)[O-])cc2)c1. The molecule has 0 aliphatic carbocycles. The fourth-order valence-electron chi connectivity index (χ4n) is 1.67. The summed E-state index contributed by atoms with van der Waals surface area (Å²) in [6.45, 7) is 1.32. The Balaban J connectivity index is 2.29. The van der Waals surface area contributed by atoms with Crippen LogP contribution in [0.4, 0.5) is 5.69 Å². The van der Waals surface area contributed by atoms with Gasteiger partial charge < -0.3 is 4.18 Å². The minimum Gasteiger partial charge on any atom is -0.379 e. The Morgan fingerprint density at radius 3 is 2.32 bits per heavy atom. The molecule has 0 fully saturated rings. The van der Waals surface area contributed by atoms with Crippen molar-refractivity contribution in [2.75, 3.05) is 0 Å². The number of benzene rings is 2. The van der Waals surface area contributed by atoms with Crippen molar-refractivity contribution in [3.63, 3.8) is 0 Å². The average Bonchev–Trinajstić information content (AvgIpc) is 2.47. The van der Waals surface area contributed by atoms with Crippen LogP contribution in [-0.4, -0.2) is 19.1 Å². The number of Topliss-reactive ketones (excluding diaryl/α,β-unsaturated/α-hetero) is 1. The predicted octanol–water partition coefficient (Wildman–Crippen LogP) is 2.57. The highest BCUT2D eigenvalue weighted by Crippen LogP contribution is 2.22. The van der Waals surface area contributed by atoms with Gasteiger partial charge in [-0.3, -0.25) is 14.9 Å². The summed E-state index contributed by atoms with van der Waals surface area (Å²) in [7, 11) is -4.12. The molecule has 2 aromatic carbocycles. The van der Waals surface area contributed by atoms with Crippen molar-refractivity contribution < 1.29 is 22.3 Å². The van der Waals surface area contributed by atoms with Gasteiger partial charge in [-0.1, -0.05) is 12.1 Å². The highest BCUT2D eigenvalue weighted by Gasteiger charge is 2.18. The van der Waals surface area contributed by atoms with Crippen LogP contribution in [0.1, 0.15) is 17.3 Å². The molecule has 0 saturated carbocycles. The molecule has 2 rings (SSSR count). The fourth-order valence-corrected chi connectivity index (χ4v) is 2.65. The zero-order valence-electron chi connectivity index (χ0n) is 11.4. The maximum absolute atomic E-state index is 12.1. The van der Waals surface area contributed by atoms with Crippen molar-refractivity contribution >= 4 is 21.6 Å². The molecule has 8 heteroatoms. The van der Waals surface area contributed by atoms with E-state index in [2.05, 4.69) is 0 Å². The summed E-state index contributed by atoms with van der Waals surface area (Å²) in [4.78, 5) is 21.0. The van der Waals surface area contributed by atoms with E-state index in [-0.39, 0.29) is 27.7 Å². The second kappa shape index (κ2) is 5.94. The second-order valence-corrected chi connectivity index (χ2v) is 5.92. The maximum Gasteiger partial charge on any atom is 0.339 e. The Morgan fingerprint density at radius 2 is 1.77 bits per heavy atom. The summed E-state index contributed by atoms with van der Waals surface area (Å²) in [6.07, 6.45) is 0. The first-order valence-electron chi connectivity index (χ1n) is 6.09. The van der Waals surface area contributed by atoms with Gasteiger partial charge in [0.25, 0.3) is 5.69 Å². The Labute approximate surface area is 126 Å². The number of hydrogen-bond acceptors (Lipinski definition) is 6. The fraction of sp³-hybridized carbons (Fsp3) is 0.0714. The number of rotatable bonds is 5. The molecular weight excluding hydrogens is 310 g/mol. The number of ketones is 1. The normalized spacial score (nSPS) is 11.0. The van der Waals surface area contributed by atoms with E-state index in [0.717, 1.165) is 12.1 Å². The third-order valence-electron chi connectivity index (χ3n) is 2.78. The van der Waals surface area contributed by atoms with Gasteiger partial charge >= 0.3 is 10.1 Å². The zero-order chi connectivity index (χ0) is 16.3. The zero-order valence-corrected chi connectivity index (χ0v) is 12.2. The number of nitrogens with zero attached hydrogens (tertiary/aromatic N) is 1. The molecular formula is C14H11NO6S. The van der Waals surface area contributed by atoms with Gasteiger partial charge in [0.2, 0.25) is 0 Å². The van der Waals surface area contributed by atoms with E-state index >= 15 is 0 Å². The van der Waals surface area contributed by atoms with Crippen LogP contribution in [0.2, 0.25) is 0 Å². The minimum absolute atomic E-state index is 0.0566. The Kier molecular flexibility index (Phi) is 4.22. The molecule has 7 nitrogen and oxygen atoms in total. The highest BCUT2D eigenvalue weighted by atomic mass is 32.2. The van der Waals surface area contributed by atoms with Crippen LogP contribution >= 0.6 is 0 Å². The lowest BCUT2D eigenvalue weighted by Crippen LogP contribution is -2.10. The van der Waals surface area contributed by atoms with E-state index < -0.39 is 15.0 Å². The summed E-state index contributed by atoms with van der Waals surface area (Å²) in [5.41, 5.74) is 0.0664. The number of carbonyl (C=O) groups is 1. The first-order valence-corrected chi connectivity index (χ1v) is 7.50. The minimum atomic E-state index is -4.12. The first-order chi connectivity index (χ1) is 10.3. The second-order valence-electron chi connectivity index (χ2n) is 4.37. The Morgan fingerprint density at radius 1 is 1.14 bits per heavy atom. The standard InChI is InChI=1S/C14H11NO6S/c1-10(16)11-3-2-4-14(9-11)22(19,20)21-13-7-5-12(6-8-13)15(17)18/h2-9H,1H3. The van der Waals surface area contributed by atoms with Crippen LogP contribution in [-0.2, 0) is 10.1 Å². The van der Waals surface area contributed by atoms with Crippen molar-refractivity contribution in [2.24, 2.45) is 0 Å². The monoisotopic (exact) mass is 321 g/mol.